The molecule has 1 N–H and O–H groups in total. The van der Waals surface area contributed by atoms with Gasteiger partial charge in [0.15, 0.2) is 10.8 Å². The molecule has 4 aromatic rings. The molecule has 1 aliphatic carbocycles. The standard InChI is InChI=1S/C21H24N8O2S.C2H4F2/c1-13(2)31-21-27-16-12-23-18(29-24-6-7-25-29)11-17(16)28(21)15-5-3-4-14(10-15)26-19(30)20-22-8-9-32-20;1-2(3)4/h6-9,11-15H,3-5,10H2,1-2H3,(H,26,30);2H,1H3. The van der Waals surface area contributed by atoms with E-state index in [-0.39, 0.29) is 24.1 Å². The Balaban J connectivity index is 0.000000709. The first-order chi connectivity index (χ1) is 17.3. The second kappa shape index (κ2) is 11.5. The number of imidazole rings is 1. The van der Waals surface area contributed by atoms with Gasteiger partial charge in [-0.1, -0.05) is 0 Å². The molecule has 0 aromatic carbocycles. The maximum atomic E-state index is 12.5. The van der Waals surface area contributed by atoms with Crippen LogP contribution in [0.4, 0.5) is 8.78 Å². The van der Waals surface area contributed by atoms with Crippen molar-refractivity contribution in [3.63, 3.8) is 0 Å². The molecule has 0 spiro atoms. The topological polar surface area (TPSA) is 113 Å². The molecule has 192 valence electrons. The van der Waals surface area contributed by atoms with Crippen LogP contribution in [0.1, 0.15) is 62.3 Å². The lowest BCUT2D eigenvalue weighted by atomic mass is 9.90. The quantitative estimate of drug-likeness (QED) is 0.401. The summed E-state index contributed by atoms with van der Waals surface area (Å²) in [5, 5.41) is 13.8. The maximum absolute atomic E-state index is 12.5. The number of nitrogens with one attached hydrogen (secondary N) is 1. The van der Waals surface area contributed by atoms with Crippen LogP contribution in [0.2, 0.25) is 0 Å². The van der Waals surface area contributed by atoms with Gasteiger partial charge in [0.05, 0.1) is 30.2 Å². The van der Waals surface area contributed by atoms with Crippen LogP contribution in [-0.2, 0) is 0 Å². The molecule has 4 heterocycles. The van der Waals surface area contributed by atoms with Gasteiger partial charge >= 0.3 is 0 Å². The van der Waals surface area contributed by atoms with Gasteiger partial charge in [0.25, 0.3) is 11.9 Å². The lowest BCUT2D eigenvalue weighted by Crippen LogP contribution is -2.39. The summed E-state index contributed by atoms with van der Waals surface area (Å²) < 4.78 is 28.9. The Morgan fingerprint density at radius 2 is 1.92 bits per heavy atom. The molecule has 2 atom stereocenters. The van der Waals surface area contributed by atoms with Crippen LogP contribution in [0.3, 0.4) is 0 Å². The van der Waals surface area contributed by atoms with Crippen molar-refractivity contribution >= 4 is 28.3 Å². The fourth-order valence-corrected chi connectivity index (χ4v) is 4.71. The van der Waals surface area contributed by atoms with Crippen molar-refractivity contribution in [2.45, 2.75) is 71.1 Å². The van der Waals surface area contributed by atoms with Crippen molar-refractivity contribution in [2.75, 3.05) is 0 Å². The third kappa shape index (κ3) is 6.20. The summed E-state index contributed by atoms with van der Waals surface area (Å²) in [7, 11) is 0. The Morgan fingerprint density at radius 1 is 1.17 bits per heavy atom. The summed E-state index contributed by atoms with van der Waals surface area (Å²) in [5.41, 5.74) is 1.67. The molecule has 1 amide bonds. The minimum Gasteiger partial charge on any atom is -0.462 e. The SMILES string of the molecule is CC(C)Oc1nc2cnc(-n3nccn3)cc2n1C1CCCC(NC(=O)c2nccs2)C1.CC(F)F. The molecule has 13 heteroatoms. The van der Waals surface area contributed by atoms with E-state index in [1.165, 1.54) is 16.1 Å². The first-order valence-corrected chi connectivity index (χ1v) is 12.6. The van der Waals surface area contributed by atoms with Gasteiger partial charge < -0.3 is 10.1 Å². The number of aromatic nitrogens is 7. The molecule has 5 rings (SSSR count). The summed E-state index contributed by atoms with van der Waals surface area (Å²) >= 11 is 1.35. The molecule has 0 saturated heterocycles. The molecule has 2 unspecified atom stereocenters. The largest absolute Gasteiger partial charge is 0.462 e. The van der Waals surface area contributed by atoms with E-state index in [2.05, 4.69) is 30.0 Å². The van der Waals surface area contributed by atoms with Gasteiger partial charge in [-0.05, 0) is 46.5 Å². The zero-order valence-corrected chi connectivity index (χ0v) is 21.0. The summed E-state index contributed by atoms with van der Waals surface area (Å²) in [5.74, 6) is 0.500. The fraction of sp³-hybridized carbons (Fsp3) is 0.478. The van der Waals surface area contributed by atoms with E-state index < -0.39 is 6.43 Å². The first-order valence-electron chi connectivity index (χ1n) is 11.7. The number of halogens is 2. The van der Waals surface area contributed by atoms with E-state index in [9.17, 15) is 13.6 Å². The summed E-state index contributed by atoms with van der Waals surface area (Å²) in [6.45, 7) is 4.80. The van der Waals surface area contributed by atoms with E-state index in [1.807, 2.05) is 25.3 Å². The Kier molecular flexibility index (Phi) is 8.18. The van der Waals surface area contributed by atoms with Crippen molar-refractivity contribution in [3.05, 3.63) is 41.2 Å². The molecule has 1 aliphatic rings. The molecule has 10 nitrogen and oxygen atoms in total. The van der Waals surface area contributed by atoms with Crippen molar-refractivity contribution in [1.29, 1.82) is 0 Å². The normalized spacial score (nSPS) is 17.8. The Labute approximate surface area is 210 Å². The highest BCUT2D eigenvalue weighted by molar-refractivity contribution is 7.11. The molecule has 4 aromatic heterocycles. The van der Waals surface area contributed by atoms with Gasteiger partial charge in [-0.3, -0.25) is 9.36 Å². The predicted molar refractivity (Wildman–Crippen MR) is 131 cm³/mol. The van der Waals surface area contributed by atoms with Gasteiger partial charge in [0.1, 0.15) is 5.52 Å². The maximum Gasteiger partial charge on any atom is 0.297 e. The summed E-state index contributed by atoms with van der Waals surface area (Å²) in [4.78, 5) is 27.3. The number of nitrogens with zero attached hydrogens (tertiary/aromatic N) is 7. The number of thiazole rings is 1. The number of fused-ring (bicyclic) bond motifs is 1. The number of alkyl halides is 2. The zero-order valence-electron chi connectivity index (χ0n) is 20.2. The van der Waals surface area contributed by atoms with E-state index in [0.29, 0.717) is 16.8 Å². The molecular formula is C23H28F2N8O2S. The smallest absolute Gasteiger partial charge is 0.297 e. The Morgan fingerprint density at radius 3 is 2.58 bits per heavy atom. The van der Waals surface area contributed by atoms with Crippen LogP contribution in [0.5, 0.6) is 6.01 Å². The van der Waals surface area contributed by atoms with Gasteiger partial charge in [0, 0.05) is 29.7 Å². The van der Waals surface area contributed by atoms with E-state index in [1.54, 1.807) is 24.8 Å². The van der Waals surface area contributed by atoms with Crippen molar-refractivity contribution < 1.29 is 18.3 Å². The van der Waals surface area contributed by atoms with E-state index in [4.69, 9.17) is 9.72 Å². The highest BCUT2D eigenvalue weighted by Gasteiger charge is 2.29. The molecule has 0 aliphatic heterocycles. The summed E-state index contributed by atoms with van der Waals surface area (Å²) in [6, 6.07) is 2.69. The molecular weight excluding hydrogens is 490 g/mol. The monoisotopic (exact) mass is 518 g/mol. The lowest BCUT2D eigenvalue weighted by molar-refractivity contribution is 0.0919. The van der Waals surface area contributed by atoms with E-state index in [0.717, 1.165) is 43.6 Å². The molecule has 1 fully saturated rings. The first kappa shape index (κ1) is 25.6. The van der Waals surface area contributed by atoms with Crippen LogP contribution in [0.15, 0.2) is 36.2 Å². The third-order valence-corrected chi connectivity index (χ3v) is 6.24. The highest BCUT2D eigenvalue weighted by atomic mass is 32.1. The minimum atomic E-state index is -2.17. The van der Waals surface area contributed by atoms with Crippen LogP contribution in [0.25, 0.3) is 16.9 Å². The highest BCUT2D eigenvalue weighted by Crippen LogP contribution is 2.36. The number of pyridine rings is 1. The molecule has 36 heavy (non-hydrogen) atoms. The second-order valence-corrected chi connectivity index (χ2v) is 9.52. The molecule has 0 bridgehead atoms. The van der Waals surface area contributed by atoms with Crippen LogP contribution < -0.4 is 10.1 Å². The van der Waals surface area contributed by atoms with Crippen molar-refractivity contribution in [2.24, 2.45) is 0 Å². The van der Waals surface area contributed by atoms with Gasteiger partial charge in [-0.2, -0.15) is 15.2 Å². The third-order valence-electron chi connectivity index (χ3n) is 5.47. The van der Waals surface area contributed by atoms with Gasteiger partial charge in [-0.25, -0.2) is 18.7 Å². The lowest BCUT2D eigenvalue weighted by Gasteiger charge is -2.31. The average Bonchev–Trinajstić information content (AvgIpc) is 3.58. The average molecular weight is 519 g/mol. The van der Waals surface area contributed by atoms with Crippen LogP contribution >= 0.6 is 11.3 Å². The van der Waals surface area contributed by atoms with Crippen LogP contribution in [0, 0.1) is 0 Å². The number of amides is 1. The molecule has 0 radical (unpaired) electrons. The van der Waals surface area contributed by atoms with Crippen molar-refractivity contribution in [3.8, 4) is 11.8 Å². The number of carbonyl (C=O) groups is 1. The minimum absolute atomic E-state index is 0.0187. The predicted octanol–water partition coefficient (Wildman–Crippen LogP) is 4.44. The number of ether oxygens (including phenoxy) is 1. The van der Waals surface area contributed by atoms with E-state index >= 15 is 0 Å². The molecule has 1 saturated carbocycles. The number of hydrogen-bond acceptors (Lipinski definition) is 8. The van der Waals surface area contributed by atoms with Crippen molar-refractivity contribution in [1.82, 2.24) is 39.8 Å². The Bertz CT molecular complexity index is 1260. The second-order valence-electron chi connectivity index (χ2n) is 8.63. The van der Waals surface area contributed by atoms with Crippen LogP contribution in [-0.4, -0.2) is 59.0 Å². The fourth-order valence-electron chi connectivity index (χ4n) is 4.17. The Hall–Kier alpha value is -3.48. The van der Waals surface area contributed by atoms with Gasteiger partial charge in [-0.15, -0.1) is 16.1 Å². The zero-order chi connectivity index (χ0) is 25.7. The van der Waals surface area contributed by atoms with Gasteiger partial charge in [0.2, 0.25) is 6.43 Å². The number of rotatable bonds is 6. The number of hydrogen-bond donors (Lipinski definition) is 1. The summed E-state index contributed by atoms with van der Waals surface area (Å²) in [6.07, 6.45) is 8.11. The number of carbonyl (C=O) groups excluding carboxylic acids is 1.